The molecule has 1 saturated heterocycles. The minimum atomic E-state index is -0.501. The van der Waals surface area contributed by atoms with Crippen molar-refractivity contribution >= 4 is 22.6 Å². The molecule has 0 aromatic heterocycles. The number of benzene rings is 2. The maximum Gasteiger partial charge on any atom is 0.311 e. The summed E-state index contributed by atoms with van der Waals surface area (Å²) >= 11 is 0. The second-order valence-corrected chi connectivity index (χ2v) is 11.8. The smallest absolute Gasteiger partial charge is 0.311 e. The molecule has 190 valence electrons. The highest BCUT2D eigenvalue weighted by atomic mass is 16.5. The van der Waals surface area contributed by atoms with Gasteiger partial charge in [0.1, 0.15) is 5.75 Å². The van der Waals surface area contributed by atoms with Gasteiger partial charge in [-0.1, -0.05) is 32.9 Å². The Balaban J connectivity index is 1.37. The highest BCUT2D eigenvalue weighted by Gasteiger charge is 2.39. The molecule has 0 N–H and O–H groups in total. The number of ether oxygens (including phenoxy) is 2. The molecule has 1 amide bonds. The van der Waals surface area contributed by atoms with E-state index >= 15 is 0 Å². The standard InChI is InChI=1S/C30H41NO4/c1-6-34-28(33)30(5)15-17-31(18-16-30)27(32)23-8-7-22-20-26(12-9-21(22)19-23)35-25-13-10-24(11-14-25)29(2,3)4/h7-9,12,19-20,24-25H,6,10-11,13-18H2,1-5H3. The van der Waals surface area contributed by atoms with Crippen molar-refractivity contribution in [1.29, 1.82) is 0 Å². The lowest BCUT2D eigenvalue weighted by molar-refractivity contribution is -0.156. The van der Waals surface area contributed by atoms with Crippen molar-refractivity contribution in [3.05, 3.63) is 42.0 Å². The number of hydrogen-bond acceptors (Lipinski definition) is 4. The summed E-state index contributed by atoms with van der Waals surface area (Å²) in [6.07, 6.45) is 6.21. The lowest BCUT2D eigenvalue weighted by Gasteiger charge is -2.37. The van der Waals surface area contributed by atoms with Crippen LogP contribution >= 0.6 is 0 Å². The average Bonchev–Trinajstić information content (AvgIpc) is 2.84. The third kappa shape index (κ3) is 5.82. The van der Waals surface area contributed by atoms with Gasteiger partial charge in [-0.25, -0.2) is 0 Å². The molecule has 2 aromatic rings. The maximum atomic E-state index is 13.2. The monoisotopic (exact) mass is 479 g/mol. The van der Waals surface area contributed by atoms with E-state index in [0.29, 0.717) is 43.5 Å². The van der Waals surface area contributed by atoms with Gasteiger partial charge in [-0.2, -0.15) is 0 Å². The van der Waals surface area contributed by atoms with Crippen LogP contribution in [0.4, 0.5) is 0 Å². The molecule has 2 fully saturated rings. The quantitative estimate of drug-likeness (QED) is 0.452. The zero-order valence-electron chi connectivity index (χ0n) is 22.1. The summed E-state index contributed by atoms with van der Waals surface area (Å²) in [4.78, 5) is 27.3. The number of fused-ring (bicyclic) bond motifs is 1. The first-order valence-electron chi connectivity index (χ1n) is 13.3. The second-order valence-electron chi connectivity index (χ2n) is 11.8. The van der Waals surface area contributed by atoms with Gasteiger partial charge in [0.2, 0.25) is 0 Å². The number of carbonyl (C=O) groups excluding carboxylic acids is 2. The van der Waals surface area contributed by atoms with Gasteiger partial charge >= 0.3 is 5.97 Å². The van der Waals surface area contributed by atoms with E-state index in [9.17, 15) is 9.59 Å². The second kappa shape index (κ2) is 10.2. The van der Waals surface area contributed by atoms with Crippen LogP contribution in [0.1, 0.15) is 83.5 Å². The first kappa shape index (κ1) is 25.5. The molecule has 0 radical (unpaired) electrons. The van der Waals surface area contributed by atoms with Crippen LogP contribution in [0.15, 0.2) is 36.4 Å². The number of esters is 1. The maximum absolute atomic E-state index is 13.2. The lowest BCUT2D eigenvalue weighted by atomic mass is 9.72. The number of amides is 1. The fourth-order valence-electron chi connectivity index (χ4n) is 5.56. The Morgan fingerprint density at radius 1 is 0.971 bits per heavy atom. The topological polar surface area (TPSA) is 55.8 Å². The van der Waals surface area contributed by atoms with Crippen molar-refractivity contribution in [2.45, 2.75) is 79.2 Å². The van der Waals surface area contributed by atoms with Gasteiger partial charge in [0.25, 0.3) is 5.91 Å². The van der Waals surface area contributed by atoms with Gasteiger partial charge in [-0.15, -0.1) is 0 Å². The number of nitrogens with zero attached hydrogens (tertiary/aromatic N) is 1. The van der Waals surface area contributed by atoms with Crippen LogP contribution in [0, 0.1) is 16.7 Å². The first-order valence-corrected chi connectivity index (χ1v) is 13.3. The molecule has 2 aliphatic rings. The predicted octanol–water partition coefficient (Wildman–Crippen LogP) is 6.63. The van der Waals surface area contributed by atoms with E-state index < -0.39 is 5.41 Å². The predicted molar refractivity (Wildman–Crippen MR) is 140 cm³/mol. The fourth-order valence-corrected chi connectivity index (χ4v) is 5.56. The molecule has 1 heterocycles. The zero-order valence-corrected chi connectivity index (χ0v) is 22.1. The normalized spacial score (nSPS) is 22.6. The molecular weight excluding hydrogens is 438 g/mol. The minimum absolute atomic E-state index is 0.0220. The Bertz CT molecular complexity index is 1050. The van der Waals surface area contributed by atoms with Crippen LogP contribution < -0.4 is 4.74 Å². The van der Waals surface area contributed by atoms with E-state index in [1.807, 2.05) is 43.0 Å². The van der Waals surface area contributed by atoms with Crippen molar-refractivity contribution in [3.8, 4) is 5.75 Å². The van der Waals surface area contributed by atoms with E-state index in [1.54, 1.807) is 0 Å². The Morgan fingerprint density at radius 2 is 1.60 bits per heavy atom. The SMILES string of the molecule is CCOC(=O)C1(C)CCN(C(=O)c2ccc3cc(OC4CCC(C(C)(C)C)CC4)ccc3c2)CC1. The summed E-state index contributed by atoms with van der Waals surface area (Å²) in [7, 11) is 0. The van der Waals surface area contributed by atoms with Crippen LogP contribution in [0.3, 0.4) is 0 Å². The lowest BCUT2D eigenvalue weighted by Crippen LogP contribution is -2.45. The van der Waals surface area contributed by atoms with Crippen LogP contribution in [-0.2, 0) is 9.53 Å². The summed E-state index contributed by atoms with van der Waals surface area (Å²) in [5, 5.41) is 2.11. The average molecular weight is 480 g/mol. The van der Waals surface area contributed by atoms with E-state index in [4.69, 9.17) is 9.47 Å². The molecule has 0 spiro atoms. The van der Waals surface area contributed by atoms with Gasteiger partial charge in [0.15, 0.2) is 0 Å². The molecule has 4 rings (SSSR count). The molecule has 1 saturated carbocycles. The Morgan fingerprint density at radius 3 is 2.23 bits per heavy atom. The Kier molecular flexibility index (Phi) is 7.44. The van der Waals surface area contributed by atoms with Gasteiger partial charge in [-0.3, -0.25) is 9.59 Å². The van der Waals surface area contributed by atoms with Crippen molar-refractivity contribution in [2.75, 3.05) is 19.7 Å². The molecule has 5 nitrogen and oxygen atoms in total. The minimum Gasteiger partial charge on any atom is -0.490 e. The highest BCUT2D eigenvalue weighted by Crippen LogP contribution is 2.39. The van der Waals surface area contributed by atoms with Crippen molar-refractivity contribution in [2.24, 2.45) is 16.7 Å². The summed E-state index contributed by atoms with van der Waals surface area (Å²) in [6.45, 7) is 12.3. The van der Waals surface area contributed by atoms with Crippen LogP contribution in [0.25, 0.3) is 10.8 Å². The molecule has 0 atom stereocenters. The summed E-state index contributed by atoms with van der Waals surface area (Å²) in [5.74, 6) is 1.55. The summed E-state index contributed by atoms with van der Waals surface area (Å²) in [6, 6.07) is 12.1. The number of carbonyl (C=O) groups is 2. The van der Waals surface area contributed by atoms with E-state index in [-0.39, 0.29) is 18.0 Å². The Labute approximate surface area is 210 Å². The van der Waals surface area contributed by atoms with Gasteiger partial charge in [0.05, 0.1) is 18.1 Å². The molecular formula is C30H41NO4. The molecule has 2 aromatic carbocycles. The highest BCUT2D eigenvalue weighted by molar-refractivity contribution is 5.99. The van der Waals surface area contributed by atoms with Crippen LogP contribution in [0.2, 0.25) is 0 Å². The van der Waals surface area contributed by atoms with Crippen molar-refractivity contribution in [1.82, 2.24) is 4.90 Å². The van der Waals surface area contributed by atoms with Crippen LogP contribution in [0.5, 0.6) is 5.75 Å². The van der Waals surface area contributed by atoms with Gasteiger partial charge < -0.3 is 14.4 Å². The first-order chi connectivity index (χ1) is 16.6. The van der Waals surface area contributed by atoms with E-state index in [2.05, 4.69) is 32.9 Å². The molecule has 1 aliphatic heterocycles. The summed E-state index contributed by atoms with van der Waals surface area (Å²) < 4.78 is 11.6. The fraction of sp³-hybridized carbons (Fsp3) is 0.600. The molecule has 0 bridgehead atoms. The van der Waals surface area contributed by atoms with Gasteiger partial charge in [-0.05, 0) is 98.7 Å². The Hall–Kier alpha value is -2.56. The van der Waals surface area contributed by atoms with Crippen molar-refractivity contribution in [3.63, 3.8) is 0 Å². The molecule has 35 heavy (non-hydrogen) atoms. The zero-order chi connectivity index (χ0) is 25.2. The number of hydrogen-bond donors (Lipinski definition) is 0. The largest absolute Gasteiger partial charge is 0.490 e. The van der Waals surface area contributed by atoms with Crippen molar-refractivity contribution < 1.29 is 19.1 Å². The number of likely N-dealkylation sites (tertiary alicyclic amines) is 1. The number of piperidine rings is 1. The molecule has 5 heteroatoms. The molecule has 1 aliphatic carbocycles. The summed E-state index contributed by atoms with van der Waals surface area (Å²) in [5.41, 5.74) is 0.558. The van der Waals surface area contributed by atoms with Crippen LogP contribution in [-0.4, -0.2) is 42.6 Å². The van der Waals surface area contributed by atoms with E-state index in [1.165, 1.54) is 12.8 Å². The van der Waals surface area contributed by atoms with E-state index in [0.717, 1.165) is 35.3 Å². The van der Waals surface area contributed by atoms with Gasteiger partial charge in [0, 0.05) is 18.7 Å². The number of rotatable bonds is 5. The molecule has 0 unspecified atom stereocenters. The third-order valence-corrected chi connectivity index (χ3v) is 8.18. The third-order valence-electron chi connectivity index (χ3n) is 8.18.